The first-order chi connectivity index (χ1) is 14.2. The number of hydrogen-bond acceptors (Lipinski definition) is 5. The SMILES string of the molecule is CCOC(=O)c1cc(C(=O)Nc2cnn(Cc3c(F)cc(F)c(F)c3F)c2)nn1C. The molecule has 1 aromatic carbocycles. The third-order valence-corrected chi connectivity index (χ3v) is 4.02. The fourth-order valence-corrected chi connectivity index (χ4v) is 2.59. The van der Waals surface area contributed by atoms with Crippen molar-refractivity contribution >= 4 is 17.6 Å². The number of halogens is 4. The van der Waals surface area contributed by atoms with Crippen LogP contribution in [0.3, 0.4) is 0 Å². The van der Waals surface area contributed by atoms with Crippen LogP contribution in [0, 0.1) is 23.3 Å². The van der Waals surface area contributed by atoms with Gasteiger partial charge < -0.3 is 10.1 Å². The van der Waals surface area contributed by atoms with Gasteiger partial charge in [0.2, 0.25) is 0 Å². The minimum atomic E-state index is -1.79. The quantitative estimate of drug-likeness (QED) is 0.284. The molecule has 2 heterocycles. The summed E-state index contributed by atoms with van der Waals surface area (Å²) >= 11 is 0. The van der Waals surface area contributed by atoms with Crippen LogP contribution in [0.5, 0.6) is 0 Å². The molecular weight excluding hydrogens is 410 g/mol. The number of aromatic nitrogens is 4. The van der Waals surface area contributed by atoms with Gasteiger partial charge in [-0.2, -0.15) is 10.2 Å². The van der Waals surface area contributed by atoms with E-state index in [2.05, 4.69) is 15.5 Å². The molecule has 0 saturated carbocycles. The molecule has 1 amide bonds. The van der Waals surface area contributed by atoms with Crippen LogP contribution in [0.1, 0.15) is 33.5 Å². The topological polar surface area (TPSA) is 91.0 Å². The highest BCUT2D eigenvalue weighted by Gasteiger charge is 2.21. The third-order valence-electron chi connectivity index (χ3n) is 4.02. The van der Waals surface area contributed by atoms with Crippen LogP contribution in [-0.4, -0.2) is 38.0 Å². The summed E-state index contributed by atoms with van der Waals surface area (Å²) in [6.45, 7) is 1.25. The molecule has 0 atom stereocenters. The number of carbonyl (C=O) groups is 2. The average molecular weight is 425 g/mol. The number of hydrogen-bond donors (Lipinski definition) is 1. The molecule has 0 aliphatic carbocycles. The lowest BCUT2D eigenvalue weighted by molar-refractivity contribution is 0.0513. The van der Waals surface area contributed by atoms with Gasteiger partial charge in [0.15, 0.2) is 23.1 Å². The van der Waals surface area contributed by atoms with Crippen LogP contribution in [0.25, 0.3) is 0 Å². The van der Waals surface area contributed by atoms with Crippen LogP contribution >= 0.6 is 0 Å². The zero-order valence-electron chi connectivity index (χ0n) is 15.7. The normalized spacial score (nSPS) is 10.9. The Labute approximate surface area is 167 Å². The van der Waals surface area contributed by atoms with Gasteiger partial charge in [0.1, 0.15) is 11.5 Å². The third kappa shape index (κ3) is 4.16. The predicted molar refractivity (Wildman–Crippen MR) is 94.7 cm³/mol. The Morgan fingerprint density at radius 2 is 1.87 bits per heavy atom. The molecule has 12 heteroatoms. The molecule has 0 spiro atoms. The molecule has 158 valence electrons. The molecule has 30 heavy (non-hydrogen) atoms. The van der Waals surface area contributed by atoms with Gasteiger partial charge in [-0.1, -0.05) is 0 Å². The van der Waals surface area contributed by atoms with Crippen molar-refractivity contribution in [2.24, 2.45) is 7.05 Å². The van der Waals surface area contributed by atoms with E-state index >= 15 is 0 Å². The monoisotopic (exact) mass is 425 g/mol. The summed E-state index contributed by atoms with van der Waals surface area (Å²) in [5.41, 5.74) is -0.585. The molecule has 0 aliphatic heterocycles. The zero-order valence-corrected chi connectivity index (χ0v) is 15.7. The summed E-state index contributed by atoms with van der Waals surface area (Å²) in [6.07, 6.45) is 2.41. The van der Waals surface area contributed by atoms with Gasteiger partial charge in [-0.25, -0.2) is 22.4 Å². The minimum Gasteiger partial charge on any atom is -0.461 e. The lowest BCUT2D eigenvalue weighted by Crippen LogP contribution is -2.13. The second-order valence-corrected chi connectivity index (χ2v) is 6.09. The number of carbonyl (C=O) groups excluding carboxylic acids is 2. The van der Waals surface area contributed by atoms with Crippen molar-refractivity contribution in [2.75, 3.05) is 11.9 Å². The highest BCUT2D eigenvalue weighted by Crippen LogP contribution is 2.20. The average Bonchev–Trinajstić information content (AvgIpc) is 3.30. The van der Waals surface area contributed by atoms with Crippen molar-refractivity contribution in [1.29, 1.82) is 0 Å². The fraction of sp³-hybridized carbons (Fsp3) is 0.222. The van der Waals surface area contributed by atoms with E-state index in [0.29, 0.717) is 0 Å². The molecule has 8 nitrogen and oxygen atoms in total. The van der Waals surface area contributed by atoms with Crippen molar-refractivity contribution in [1.82, 2.24) is 19.6 Å². The number of rotatable bonds is 6. The van der Waals surface area contributed by atoms with Gasteiger partial charge in [0, 0.05) is 30.9 Å². The van der Waals surface area contributed by atoms with Gasteiger partial charge in [0.25, 0.3) is 5.91 Å². The van der Waals surface area contributed by atoms with Gasteiger partial charge >= 0.3 is 5.97 Å². The lowest BCUT2D eigenvalue weighted by atomic mass is 10.2. The Kier molecular flexibility index (Phi) is 5.85. The molecule has 0 saturated heterocycles. The Morgan fingerprint density at radius 3 is 2.57 bits per heavy atom. The maximum atomic E-state index is 13.8. The van der Waals surface area contributed by atoms with Crippen molar-refractivity contribution in [2.45, 2.75) is 13.5 Å². The van der Waals surface area contributed by atoms with Crippen molar-refractivity contribution in [3.05, 3.63) is 64.7 Å². The summed E-state index contributed by atoms with van der Waals surface area (Å²) in [7, 11) is 1.46. The van der Waals surface area contributed by atoms with E-state index in [1.807, 2.05) is 0 Å². The number of aryl methyl sites for hydroxylation is 1. The summed E-state index contributed by atoms with van der Waals surface area (Å²) in [4.78, 5) is 24.1. The smallest absolute Gasteiger partial charge is 0.356 e. The number of benzene rings is 1. The maximum Gasteiger partial charge on any atom is 0.356 e. The molecule has 0 fully saturated rings. The molecule has 2 aromatic heterocycles. The van der Waals surface area contributed by atoms with Crippen LogP contribution < -0.4 is 5.32 Å². The van der Waals surface area contributed by atoms with E-state index in [1.165, 1.54) is 30.2 Å². The van der Waals surface area contributed by atoms with Gasteiger partial charge in [-0.05, 0) is 6.92 Å². The number of nitrogens with zero attached hydrogens (tertiary/aromatic N) is 4. The van der Waals surface area contributed by atoms with Crippen molar-refractivity contribution in [3.63, 3.8) is 0 Å². The summed E-state index contributed by atoms with van der Waals surface area (Å²) in [5, 5.41) is 10.2. The molecule has 1 N–H and O–H groups in total. The Hall–Kier alpha value is -3.70. The number of ether oxygens (including phenoxy) is 1. The minimum absolute atomic E-state index is 0.0713. The zero-order chi connectivity index (χ0) is 22.0. The molecule has 0 bridgehead atoms. The number of anilines is 1. The first-order valence-electron chi connectivity index (χ1n) is 8.58. The second kappa shape index (κ2) is 8.35. The fourth-order valence-electron chi connectivity index (χ4n) is 2.59. The standard InChI is InChI=1S/C18H15F4N5O3/c1-3-30-18(29)14-5-13(25-26(14)2)17(28)24-9-6-23-27(7-9)8-10-11(19)4-12(20)16(22)15(10)21/h4-7H,3,8H2,1-2H3,(H,24,28). The molecule has 3 rings (SSSR count). The van der Waals surface area contributed by atoms with Crippen LogP contribution in [0.4, 0.5) is 23.2 Å². The largest absolute Gasteiger partial charge is 0.461 e. The van der Waals surface area contributed by atoms with E-state index < -0.39 is 47.3 Å². The summed E-state index contributed by atoms with van der Waals surface area (Å²) < 4.78 is 61.0. The van der Waals surface area contributed by atoms with Crippen LogP contribution in [0.2, 0.25) is 0 Å². The van der Waals surface area contributed by atoms with Crippen molar-refractivity contribution < 1.29 is 31.9 Å². The predicted octanol–water partition coefficient (Wildman–Crippen LogP) is 2.65. The van der Waals surface area contributed by atoms with Crippen LogP contribution in [-0.2, 0) is 18.3 Å². The van der Waals surface area contributed by atoms with Crippen molar-refractivity contribution in [3.8, 4) is 0 Å². The van der Waals surface area contributed by atoms with Gasteiger partial charge in [-0.15, -0.1) is 0 Å². The van der Waals surface area contributed by atoms with Crippen LogP contribution in [0.15, 0.2) is 24.5 Å². The molecule has 0 unspecified atom stereocenters. The number of nitrogens with one attached hydrogen (secondary N) is 1. The highest BCUT2D eigenvalue weighted by molar-refractivity contribution is 6.04. The van der Waals surface area contributed by atoms with E-state index in [-0.39, 0.29) is 29.7 Å². The van der Waals surface area contributed by atoms with E-state index in [0.717, 1.165) is 4.68 Å². The molecular formula is C18H15F4N5O3. The van der Waals surface area contributed by atoms with E-state index in [4.69, 9.17) is 4.74 Å². The first kappa shape index (κ1) is 21.0. The molecule has 0 radical (unpaired) electrons. The Balaban J connectivity index is 1.74. The Bertz CT molecular complexity index is 1130. The van der Waals surface area contributed by atoms with Gasteiger partial charge in [0.05, 0.1) is 25.0 Å². The number of esters is 1. The maximum absolute atomic E-state index is 13.8. The van der Waals surface area contributed by atoms with E-state index in [1.54, 1.807) is 6.92 Å². The first-order valence-corrected chi connectivity index (χ1v) is 8.58. The highest BCUT2D eigenvalue weighted by atomic mass is 19.2. The Morgan fingerprint density at radius 1 is 1.13 bits per heavy atom. The molecule has 3 aromatic rings. The summed E-state index contributed by atoms with van der Waals surface area (Å²) in [5.74, 6) is -7.68. The summed E-state index contributed by atoms with van der Waals surface area (Å²) in [6, 6.07) is 1.48. The lowest BCUT2D eigenvalue weighted by Gasteiger charge is -2.06. The second-order valence-electron chi connectivity index (χ2n) is 6.09. The van der Waals surface area contributed by atoms with E-state index in [9.17, 15) is 27.2 Å². The number of amides is 1. The molecule has 0 aliphatic rings. The van der Waals surface area contributed by atoms with Gasteiger partial charge in [-0.3, -0.25) is 14.2 Å².